The highest BCUT2D eigenvalue weighted by Gasteiger charge is 2.26. The zero-order valence-electron chi connectivity index (χ0n) is 12.1. The third kappa shape index (κ3) is 3.78. The van der Waals surface area contributed by atoms with Gasteiger partial charge in [0.25, 0.3) is 0 Å². The Labute approximate surface area is 129 Å². The monoisotopic (exact) mass is 304 g/mol. The van der Waals surface area contributed by atoms with Gasteiger partial charge in [0.1, 0.15) is 0 Å². The van der Waals surface area contributed by atoms with E-state index in [2.05, 4.69) is 44.6 Å². The van der Waals surface area contributed by atoms with Crippen molar-refractivity contribution in [2.45, 2.75) is 19.1 Å². The maximum atomic E-state index is 5.65. The molecular formula is C15H20N4OS. The van der Waals surface area contributed by atoms with Gasteiger partial charge >= 0.3 is 0 Å². The van der Waals surface area contributed by atoms with Gasteiger partial charge in [0.05, 0.1) is 18.8 Å². The molecule has 2 aromatic heterocycles. The largest absolute Gasteiger partial charge is 0.376 e. The molecule has 21 heavy (non-hydrogen) atoms. The number of anilines is 1. The molecule has 3 rings (SSSR count). The highest BCUT2D eigenvalue weighted by molar-refractivity contribution is 7.10. The van der Waals surface area contributed by atoms with Crippen LogP contribution in [-0.4, -0.2) is 47.2 Å². The Morgan fingerprint density at radius 1 is 1.43 bits per heavy atom. The second kappa shape index (κ2) is 6.98. The van der Waals surface area contributed by atoms with E-state index in [1.807, 2.05) is 6.07 Å². The molecular weight excluding hydrogens is 284 g/mol. The summed E-state index contributed by atoms with van der Waals surface area (Å²) in [7, 11) is 0. The molecule has 0 amide bonds. The molecule has 2 aromatic rings. The first-order chi connectivity index (χ1) is 10.3. The van der Waals surface area contributed by atoms with E-state index in [-0.39, 0.29) is 6.10 Å². The standard InChI is InChI=1S/C15H20N4OS/c1-12-11-19(7-8-20-12)13(14-4-2-9-21-14)10-18-15-16-5-3-6-17-15/h2-6,9,12-13H,7-8,10-11H2,1H3,(H,16,17,18)/t12-,13-/m0/s1. The lowest BCUT2D eigenvalue weighted by Gasteiger charge is -2.37. The number of nitrogens with zero attached hydrogens (tertiary/aromatic N) is 3. The van der Waals surface area contributed by atoms with Crippen molar-refractivity contribution in [3.63, 3.8) is 0 Å². The average Bonchev–Trinajstić information content (AvgIpc) is 3.03. The molecule has 0 spiro atoms. The lowest BCUT2D eigenvalue weighted by atomic mass is 10.1. The van der Waals surface area contributed by atoms with E-state index in [1.54, 1.807) is 23.7 Å². The number of morpholine rings is 1. The summed E-state index contributed by atoms with van der Waals surface area (Å²) < 4.78 is 5.65. The Balaban J connectivity index is 1.70. The van der Waals surface area contributed by atoms with Gasteiger partial charge < -0.3 is 10.1 Å². The molecule has 1 aliphatic rings. The first-order valence-corrected chi connectivity index (χ1v) is 8.11. The van der Waals surface area contributed by atoms with Crippen LogP contribution >= 0.6 is 11.3 Å². The van der Waals surface area contributed by atoms with Gasteiger partial charge in [-0.1, -0.05) is 6.07 Å². The van der Waals surface area contributed by atoms with E-state index < -0.39 is 0 Å². The zero-order chi connectivity index (χ0) is 14.5. The van der Waals surface area contributed by atoms with Gasteiger partial charge in [-0.15, -0.1) is 11.3 Å². The minimum absolute atomic E-state index is 0.286. The minimum atomic E-state index is 0.286. The fourth-order valence-electron chi connectivity index (χ4n) is 2.60. The first kappa shape index (κ1) is 14.4. The Morgan fingerprint density at radius 3 is 3.00 bits per heavy atom. The summed E-state index contributed by atoms with van der Waals surface area (Å²) in [4.78, 5) is 12.3. The molecule has 0 radical (unpaired) electrons. The van der Waals surface area contributed by atoms with E-state index >= 15 is 0 Å². The van der Waals surface area contributed by atoms with Crippen molar-refractivity contribution >= 4 is 17.3 Å². The highest BCUT2D eigenvalue weighted by atomic mass is 32.1. The molecule has 1 fully saturated rings. The third-order valence-electron chi connectivity index (χ3n) is 3.60. The Bertz CT molecular complexity index is 534. The van der Waals surface area contributed by atoms with Gasteiger partial charge in [0.15, 0.2) is 0 Å². The predicted octanol–water partition coefficient (Wildman–Crippen LogP) is 2.41. The van der Waals surface area contributed by atoms with Crippen LogP contribution < -0.4 is 5.32 Å². The van der Waals surface area contributed by atoms with Crippen LogP contribution in [0.1, 0.15) is 17.8 Å². The average molecular weight is 304 g/mol. The van der Waals surface area contributed by atoms with Crippen molar-refractivity contribution in [3.05, 3.63) is 40.8 Å². The summed E-state index contributed by atoms with van der Waals surface area (Å²) in [6, 6.07) is 6.46. The van der Waals surface area contributed by atoms with Gasteiger partial charge in [0.2, 0.25) is 5.95 Å². The van der Waals surface area contributed by atoms with E-state index in [1.165, 1.54) is 4.88 Å². The third-order valence-corrected chi connectivity index (χ3v) is 4.58. The maximum Gasteiger partial charge on any atom is 0.222 e. The molecule has 1 saturated heterocycles. The molecule has 5 nitrogen and oxygen atoms in total. The van der Waals surface area contributed by atoms with Gasteiger partial charge in [-0.25, -0.2) is 9.97 Å². The van der Waals surface area contributed by atoms with Crippen molar-refractivity contribution in [3.8, 4) is 0 Å². The Hall–Kier alpha value is -1.50. The maximum absolute atomic E-state index is 5.65. The highest BCUT2D eigenvalue weighted by Crippen LogP contribution is 2.27. The molecule has 0 unspecified atom stereocenters. The molecule has 1 aliphatic heterocycles. The smallest absolute Gasteiger partial charge is 0.222 e. The van der Waals surface area contributed by atoms with E-state index in [4.69, 9.17) is 4.74 Å². The first-order valence-electron chi connectivity index (χ1n) is 7.23. The normalized spacial score (nSPS) is 21.1. The van der Waals surface area contributed by atoms with E-state index in [0.717, 1.165) is 26.2 Å². The van der Waals surface area contributed by atoms with Crippen LogP contribution in [0, 0.1) is 0 Å². The lowest BCUT2D eigenvalue weighted by molar-refractivity contribution is -0.0322. The number of aromatic nitrogens is 2. The number of rotatable bonds is 5. The molecule has 0 aromatic carbocycles. The molecule has 112 valence electrons. The van der Waals surface area contributed by atoms with Crippen LogP contribution in [0.15, 0.2) is 36.0 Å². The number of hydrogen-bond donors (Lipinski definition) is 1. The summed E-state index contributed by atoms with van der Waals surface area (Å²) in [5, 5.41) is 5.48. The topological polar surface area (TPSA) is 50.3 Å². The van der Waals surface area contributed by atoms with Crippen molar-refractivity contribution in [1.82, 2.24) is 14.9 Å². The fourth-order valence-corrected chi connectivity index (χ4v) is 3.46. The zero-order valence-corrected chi connectivity index (χ0v) is 12.9. The van der Waals surface area contributed by atoms with Crippen LogP contribution in [0.3, 0.4) is 0 Å². The van der Waals surface area contributed by atoms with Gasteiger partial charge in [-0.3, -0.25) is 4.90 Å². The summed E-state index contributed by atoms with van der Waals surface area (Å²) in [6.07, 6.45) is 3.80. The summed E-state index contributed by atoms with van der Waals surface area (Å²) in [5.74, 6) is 0.681. The van der Waals surface area contributed by atoms with Crippen molar-refractivity contribution in [1.29, 1.82) is 0 Å². The van der Waals surface area contributed by atoms with Gasteiger partial charge in [-0.05, 0) is 24.4 Å². The lowest BCUT2D eigenvalue weighted by Crippen LogP contribution is -2.44. The predicted molar refractivity (Wildman–Crippen MR) is 84.6 cm³/mol. The summed E-state index contributed by atoms with van der Waals surface area (Å²) in [5.41, 5.74) is 0. The van der Waals surface area contributed by atoms with Crippen LogP contribution in [0.5, 0.6) is 0 Å². The Kier molecular flexibility index (Phi) is 4.80. The fraction of sp³-hybridized carbons (Fsp3) is 0.467. The van der Waals surface area contributed by atoms with Crippen molar-refractivity contribution in [2.24, 2.45) is 0 Å². The quantitative estimate of drug-likeness (QED) is 0.919. The SMILES string of the molecule is C[C@H]1CN([C@@H](CNc2ncccn2)c2cccs2)CCO1. The number of hydrogen-bond acceptors (Lipinski definition) is 6. The van der Waals surface area contributed by atoms with Gasteiger partial charge in [0, 0.05) is 36.9 Å². The summed E-state index contributed by atoms with van der Waals surface area (Å²) >= 11 is 1.80. The van der Waals surface area contributed by atoms with Gasteiger partial charge in [-0.2, -0.15) is 0 Å². The molecule has 3 heterocycles. The van der Waals surface area contributed by atoms with E-state index in [0.29, 0.717) is 12.0 Å². The van der Waals surface area contributed by atoms with Crippen LogP contribution in [-0.2, 0) is 4.74 Å². The molecule has 1 N–H and O–H groups in total. The van der Waals surface area contributed by atoms with Crippen molar-refractivity contribution in [2.75, 3.05) is 31.6 Å². The second-order valence-electron chi connectivity index (χ2n) is 5.16. The second-order valence-corrected chi connectivity index (χ2v) is 6.14. The van der Waals surface area contributed by atoms with Crippen LogP contribution in [0.2, 0.25) is 0 Å². The molecule has 6 heteroatoms. The van der Waals surface area contributed by atoms with Crippen LogP contribution in [0.4, 0.5) is 5.95 Å². The number of thiophene rings is 1. The minimum Gasteiger partial charge on any atom is -0.376 e. The molecule has 2 atom stereocenters. The molecule has 0 saturated carbocycles. The Morgan fingerprint density at radius 2 is 2.29 bits per heavy atom. The van der Waals surface area contributed by atoms with Crippen LogP contribution in [0.25, 0.3) is 0 Å². The number of nitrogens with one attached hydrogen (secondary N) is 1. The van der Waals surface area contributed by atoms with E-state index in [9.17, 15) is 0 Å². The molecule has 0 bridgehead atoms. The molecule has 0 aliphatic carbocycles. The summed E-state index contributed by atoms with van der Waals surface area (Å²) in [6.45, 7) is 5.65. The van der Waals surface area contributed by atoms with Crippen molar-refractivity contribution < 1.29 is 4.74 Å². The number of ether oxygens (including phenoxy) is 1.